The van der Waals surface area contributed by atoms with Crippen molar-refractivity contribution >= 4 is 22.9 Å². The van der Waals surface area contributed by atoms with E-state index in [1.807, 2.05) is 35.7 Å². The minimum atomic E-state index is 0.136. The van der Waals surface area contributed by atoms with Gasteiger partial charge in [0.15, 0.2) is 0 Å². The molecular weight excluding hydrogens is 254 g/mol. The first-order chi connectivity index (χ1) is 9.31. The van der Waals surface area contributed by atoms with Crippen molar-refractivity contribution < 1.29 is 4.79 Å². The molecule has 0 atom stereocenters. The quantitative estimate of drug-likeness (QED) is 0.730. The summed E-state index contributed by atoms with van der Waals surface area (Å²) in [6.07, 6.45) is 3.08. The van der Waals surface area contributed by atoms with Crippen molar-refractivity contribution in [1.29, 1.82) is 0 Å². The highest BCUT2D eigenvalue weighted by atomic mass is 32.1. The number of para-hydroxylation sites is 1. The van der Waals surface area contributed by atoms with Crippen LogP contribution in [0.4, 0.5) is 5.69 Å². The number of aryl methyl sites for hydroxylation is 1. The van der Waals surface area contributed by atoms with Gasteiger partial charge >= 0.3 is 0 Å². The molecule has 0 aliphatic rings. The topological polar surface area (TPSA) is 20.3 Å². The molecule has 0 saturated carbocycles. The van der Waals surface area contributed by atoms with Crippen LogP contribution >= 0.6 is 11.3 Å². The summed E-state index contributed by atoms with van der Waals surface area (Å²) in [6, 6.07) is 11.8. The van der Waals surface area contributed by atoms with E-state index in [-0.39, 0.29) is 5.91 Å². The van der Waals surface area contributed by atoms with Gasteiger partial charge in [0, 0.05) is 18.7 Å². The predicted molar refractivity (Wildman–Crippen MR) is 81.6 cm³/mol. The molecule has 1 aromatic carbocycles. The third-order valence-corrected chi connectivity index (χ3v) is 3.62. The Hall–Kier alpha value is -1.87. The molecule has 0 saturated heterocycles. The molecule has 2 rings (SSSR count). The Morgan fingerprint density at radius 3 is 2.68 bits per heavy atom. The fourth-order valence-corrected chi connectivity index (χ4v) is 2.61. The van der Waals surface area contributed by atoms with E-state index in [0.29, 0.717) is 13.0 Å². The molecule has 98 valence electrons. The fraction of sp³-hybridized carbons (Fsp3) is 0.188. The number of rotatable bonds is 6. The molecule has 0 aliphatic heterocycles. The van der Waals surface area contributed by atoms with E-state index in [2.05, 4.69) is 18.0 Å². The maximum Gasteiger partial charge on any atom is 0.227 e. The fourth-order valence-electron chi connectivity index (χ4n) is 1.91. The van der Waals surface area contributed by atoms with Gasteiger partial charge in [-0.2, -0.15) is 11.3 Å². The van der Waals surface area contributed by atoms with Gasteiger partial charge in [0.1, 0.15) is 0 Å². The van der Waals surface area contributed by atoms with Crippen LogP contribution in [0, 0.1) is 0 Å². The van der Waals surface area contributed by atoms with E-state index in [0.717, 1.165) is 12.1 Å². The molecule has 1 aromatic heterocycles. The highest BCUT2D eigenvalue weighted by molar-refractivity contribution is 7.07. The minimum Gasteiger partial charge on any atom is -0.309 e. The second-order valence-electron chi connectivity index (χ2n) is 4.26. The number of anilines is 1. The number of carbonyl (C=O) groups is 1. The zero-order valence-electron chi connectivity index (χ0n) is 10.8. The summed E-state index contributed by atoms with van der Waals surface area (Å²) in [7, 11) is 0. The summed E-state index contributed by atoms with van der Waals surface area (Å²) < 4.78 is 0. The lowest BCUT2D eigenvalue weighted by Crippen LogP contribution is -2.31. The van der Waals surface area contributed by atoms with Gasteiger partial charge in [0.25, 0.3) is 0 Å². The maximum absolute atomic E-state index is 12.3. The van der Waals surface area contributed by atoms with Crippen LogP contribution in [0.5, 0.6) is 0 Å². The monoisotopic (exact) mass is 271 g/mol. The number of carbonyl (C=O) groups excluding carboxylic acids is 1. The van der Waals surface area contributed by atoms with Crippen molar-refractivity contribution in [3.05, 3.63) is 65.4 Å². The second-order valence-corrected chi connectivity index (χ2v) is 5.04. The summed E-state index contributed by atoms with van der Waals surface area (Å²) in [4.78, 5) is 14.1. The lowest BCUT2D eigenvalue weighted by molar-refractivity contribution is -0.118. The first-order valence-electron chi connectivity index (χ1n) is 6.28. The molecule has 0 N–H and O–H groups in total. The smallest absolute Gasteiger partial charge is 0.227 e. The zero-order chi connectivity index (χ0) is 13.5. The van der Waals surface area contributed by atoms with Gasteiger partial charge in [-0.25, -0.2) is 0 Å². The molecular formula is C16H17NOS. The molecule has 19 heavy (non-hydrogen) atoms. The molecule has 2 nitrogen and oxygen atoms in total. The molecule has 1 heterocycles. The SMILES string of the molecule is C=CCN(C(=O)CCc1ccsc1)c1ccccc1. The van der Waals surface area contributed by atoms with Crippen LogP contribution in [0.2, 0.25) is 0 Å². The van der Waals surface area contributed by atoms with Gasteiger partial charge in [-0.05, 0) is 40.9 Å². The average molecular weight is 271 g/mol. The number of nitrogens with zero attached hydrogens (tertiary/aromatic N) is 1. The Balaban J connectivity index is 2.02. The van der Waals surface area contributed by atoms with E-state index in [1.54, 1.807) is 22.3 Å². The third kappa shape index (κ3) is 3.80. The molecule has 2 aromatic rings. The first-order valence-corrected chi connectivity index (χ1v) is 7.23. The second kappa shape index (κ2) is 6.90. The first kappa shape index (κ1) is 13.6. The third-order valence-electron chi connectivity index (χ3n) is 2.89. The van der Waals surface area contributed by atoms with Crippen LogP contribution in [-0.4, -0.2) is 12.5 Å². The average Bonchev–Trinajstić information content (AvgIpc) is 2.96. The molecule has 0 fully saturated rings. The van der Waals surface area contributed by atoms with Gasteiger partial charge in [-0.3, -0.25) is 4.79 Å². The van der Waals surface area contributed by atoms with Gasteiger partial charge in [-0.15, -0.1) is 6.58 Å². The highest BCUT2D eigenvalue weighted by Crippen LogP contribution is 2.16. The Kier molecular flexibility index (Phi) is 4.93. The van der Waals surface area contributed by atoms with E-state index in [1.165, 1.54) is 5.56 Å². The largest absolute Gasteiger partial charge is 0.309 e. The van der Waals surface area contributed by atoms with Crippen molar-refractivity contribution in [1.82, 2.24) is 0 Å². The van der Waals surface area contributed by atoms with Crippen LogP contribution in [0.3, 0.4) is 0 Å². The summed E-state index contributed by atoms with van der Waals surface area (Å²) in [5, 5.41) is 4.13. The van der Waals surface area contributed by atoms with Crippen molar-refractivity contribution in [2.75, 3.05) is 11.4 Å². The zero-order valence-corrected chi connectivity index (χ0v) is 11.6. The predicted octanol–water partition coefficient (Wildman–Crippen LogP) is 3.90. The number of hydrogen-bond donors (Lipinski definition) is 0. The van der Waals surface area contributed by atoms with Gasteiger partial charge in [-0.1, -0.05) is 24.3 Å². The van der Waals surface area contributed by atoms with E-state index in [4.69, 9.17) is 0 Å². The maximum atomic E-state index is 12.3. The van der Waals surface area contributed by atoms with E-state index < -0.39 is 0 Å². The molecule has 0 radical (unpaired) electrons. The van der Waals surface area contributed by atoms with Crippen LogP contribution in [0.25, 0.3) is 0 Å². The molecule has 3 heteroatoms. The molecule has 0 unspecified atom stereocenters. The summed E-state index contributed by atoms with van der Waals surface area (Å²) in [5.74, 6) is 0.136. The van der Waals surface area contributed by atoms with E-state index in [9.17, 15) is 4.79 Å². The van der Waals surface area contributed by atoms with Crippen LogP contribution in [0.15, 0.2) is 59.8 Å². The Labute approximate surface area is 118 Å². The van der Waals surface area contributed by atoms with Gasteiger partial charge < -0.3 is 4.90 Å². The molecule has 1 amide bonds. The van der Waals surface area contributed by atoms with E-state index >= 15 is 0 Å². The normalized spacial score (nSPS) is 10.1. The van der Waals surface area contributed by atoms with Gasteiger partial charge in [0.05, 0.1) is 0 Å². The summed E-state index contributed by atoms with van der Waals surface area (Å²) >= 11 is 1.67. The molecule has 0 aliphatic carbocycles. The molecule has 0 spiro atoms. The minimum absolute atomic E-state index is 0.136. The van der Waals surface area contributed by atoms with Crippen molar-refractivity contribution in [2.24, 2.45) is 0 Å². The Bertz CT molecular complexity index is 519. The Morgan fingerprint density at radius 1 is 1.26 bits per heavy atom. The van der Waals surface area contributed by atoms with Crippen molar-refractivity contribution in [3.63, 3.8) is 0 Å². The molecule has 0 bridgehead atoms. The summed E-state index contributed by atoms with van der Waals surface area (Å²) in [5.41, 5.74) is 2.16. The van der Waals surface area contributed by atoms with Crippen molar-refractivity contribution in [3.8, 4) is 0 Å². The van der Waals surface area contributed by atoms with Crippen LogP contribution in [0.1, 0.15) is 12.0 Å². The van der Waals surface area contributed by atoms with Crippen LogP contribution < -0.4 is 4.90 Å². The lowest BCUT2D eigenvalue weighted by Gasteiger charge is -2.21. The summed E-state index contributed by atoms with van der Waals surface area (Å²) in [6.45, 7) is 4.27. The number of thiophene rings is 1. The number of benzene rings is 1. The van der Waals surface area contributed by atoms with Crippen LogP contribution in [-0.2, 0) is 11.2 Å². The lowest BCUT2D eigenvalue weighted by atomic mass is 10.1. The highest BCUT2D eigenvalue weighted by Gasteiger charge is 2.13. The number of amides is 1. The Morgan fingerprint density at radius 2 is 2.05 bits per heavy atom. The van der Waals surface area contributed by atoms with Crippen molar-refractivity contribution in [2.45, 2.75) is 12.8 Å². The standard InChI is InChI=1S/C16H17NOS/c1-2-11-17(15-6-4-3-5-7-15)16(18)9-8-14-10-12-19-13-14/h2-7,10,12-13H,1,8-9,11H2. The van der Waals surface area contributed by atoms with Gasteiger partial charge in [0.2, 0.25) is 5.91 Å². The number of hydrogen-bond acceptors (Lipinski definition) is 2.